The first-order chi connectivity index (χ1) is 12.6. The van der Waals surface area contributed by atoms with Gasteiger partial charge in [-0.25, -0.2) is 4.98 Å². The number of carbonyl (C=O) groups excluding carboxylic acids is 1. The van der Waals surface area contributed by atoms with Crippen molar-refractivity contribution in [3.05, 3.63) is 75.8 Å². The third-order valence-corrected chi connectivity index (χ3v) is 4.11. The van der Waals surface area contributed by atoms with Crippen LogP contribution >= 0.6 is 11.6 Å². The molecule has 0 bridgehead atoms. The number of benzene rings is 2. The standard InChI is InChI=1S/C20H16ClN3O2/c21-17-9-3-1-6-15(17)7-5-12-22-19(25)11-13-24-14-23-18-10-4-2-8-16(18)20(24)26/h1-4,6,8-10,14H,11-13H2,(H,22,25). The lowest BCUT2D eigenvalue weighted by atomic mass is 10.2. The van der Waals surface area contributed by atoms with E-state index in [0.717, 1.165) is 5.56 Å². The fourth-order valence-electron chi connectivity index (χ4n) is 2.42. The molecule has 2 aromatic carbocycles. The number of carbonyl (C=O) groups is 1. The van der Waals surface area contributed by atoms with Crippen LogP contribution in [0.3, 0.4) is 0 Å². The summed E-state index contributed by atoms with van der Waals surface area (Å²) in [5.41, 5.74) is 1.21. The summed E-state index contributed by atoms with van der Waals surface area (Å²) in [6.07, 6.45) is 1.64. The Morgan fingerprint density at radius 2 is 1.92 bits per heavy atom. The summed E-state index contributed by atoms with van der Waals surface area (Å²) in [7, 11) is 0. The van der Waals surface area contributed by atoms with E-state index in [1.807, 2.05) is 24.3 Å². The summed E-state index contributed by atoms with van der Waals surface area (Å²) in [6.45, 7) is 0.482. The maximum absolute atomic E-state index is 12.3. The van der Waals surface area contributed by atoms with E-state index in [4.69, 9.17) is 11.6 Å². The molecule has 5 nitrogen and oxygen atoms in total. The van der Waals surface area contributed by atoms with Gasteiger partial charge in [0.2, 0.25) is 5.91 Å². The average Bonchev–Trinajstić information content (AvgIpc) is 2.66. The zero-order valence-electron chi connectivity index (χ0n) is 13.9. The second kappa shape index (κ2) is 8.32. The third-order valence-electron chi connectivity index (χ3n) is 3.78. The molecule has 6 heteroatoms. The SMILES string of the molecule is O=C(CCn1cnc2ccccc2c1=O)NCC#Cc1ccccc1Cl. The number of fused-ring (bicyclic) bond motifs is 1. The molecular weight excluding hydrogens is 350 g/mol. The number of halogens is 1. The van der Waals surface area contributed by atoms with Crippen molar-refractivity contribution in [2.45, 2.75) is 13.0 Å². The normalized spacial score (nSPS) is 10.2. The Labute approximate surface area is 155 Å². The van der Waals surface area contributed by atoms with E-state index in [1.165, 1.54) is 10.9 Å². The van der Waals surface area contributed by atoms with Crippen molar-refractivity contribution in [2.75, 3.05) is 6.54 Å². The van der Waals surface area contributed by atoms with Crippen LogP contribution in [0.25, 0.3) is 10.9 Å². The molecule has 3 aromatic rings. The van der Waals surface area contributed by atoms with Crippen LogP contribution in [0.1, 0.15) is 12.0 Å². The quantitative estimate of drug-likeness (QED) is 0.723. The van der Waals surface area contributed by atoms with Gasteiger partial charge >= 0.3 is 0 Å². The van der Waals surface area contributed by atoms with Gasteiger partial charge in [0.15, 0.2) is 0 Å². The van der Waals surface area contributed by atoms with Gasteiger partial charge in [-0.3, -0.25) is 14.2 Å². The summed E-state index contributed by atoms with van der Waals surface area (Å²) in [5, 5.41) is 3.83. The monoisotopic (exact) mass is 365 g/mol. The Morgan fingerprint density at radius 1 is 1.15 bits per heavy atom. The van der Waals surface area contributed by atoms with Gasteiger partial charge in [0.25, 0.3) is 5.56 Å². The minimum Gasteiger partial charge on any atom is -0.345 e. The number of aryl methyl sites for hydroxylation is 1. The van der Waals surface area contributed by atoms with Crippen molar-refractivity contribution < 1.29 is 4.79 Å². The summed E-state index contributed by atoms with van der Waals surface area (Å²) in [6, 6.07) is 14.4. The molecule has 0 atom stereocenters. The van der Waals surface area contributed by atoms with Gasteiger partial charge in [-0.1, -0.05) is 47.7 Å². The number of nitrogens with one attached hydrogen (secondary N) is 1. The molecule has 0 aliphatic carbocycles. The van der Waals surface area contributed by atoms with E-state index in [9.17, 15) is 9.59 Å². The predicted octanol–water partition coefficient (Wildman–Crippen LogP) is 2.61. The molecule has 130 valence electrons. The number of hydrogen-bond acceptors (Lipinski definition) is 3. The smallest absolute Gasteiger partial charge is 0.261 e. The van der Waals surface area contributed by atoms with E-state index in [1.54, 1.807) is 24.3 Å². The molecule has 0 aliphatic heterocycles. The van der Waals surface area contributed by atoms with Gasteiger partial charge in [0.05, 0.1) is 28.8 Å². The molecule has 0 aliphatic rings. The molecule has 1 heterocycles. The topological polar surface area (TPSA) is 64.0 Å². The summed E-state index contributed by atoms with van der Waals surface area (Å²) in [4.78, 5) is 28.5. The molecule has 0 saturated heterocycles. The highest BCUT2D eigenvalue weighted by Gasteiger charge is 2.05. The molecule has 0 fully saturated rings. The Kier molecular flexibility index (Phi) is 5.67. The highest BCUT2D eigenvalue weighted by atomic mass is 35.5. The molecule has 1 amide bonds. The van der Waals surface area contributed by atoms with Gasteiger partial charge in [-0.15, -0.1) is 0 Å². The Balaban J connectivity index is 1.54. The largest absolute Gasteiger partial charge is 0.345 e. The van der Waals surface area contributed by atoms with Crippen LogP contribution in [0, 0.1) is 11.8 Å². The van der Waals surface area contributed by atoms with Crippen LogP contribution in [0.15, 0.2) is 59.7 Å². The maximum atomic E-state index is 12.3. The number of para-hydroxylation sites is 1. The number of rotatable bonds is 4. The molecule has 1 aromatic heterocycles. The van der Waals surface area contributed by atoms with Gasteiger partial charge in [-0.2, -0.15) is 0 Å². The van der Waals surface area contributed by atoms with Crippen LogP contribution in [-0.2, 0) is 11.3 Å². The fraction of sp³-hybridized carbons (Fsp3) is 0.150. The molecule has 0 radical (unpaired) electrons. The molecule has 3 rings (SSSR count). The lowest BCUT2D eigenvalue weighted by molar-refractivity contribution is -0.121. The molecule has 1 N–H and O–H groups in total. The van der Waals surface area contributed by atoms with Crippen LogP contribution in [0.4, 0.5) is 0 Å². The van der Waals surface area contributed by atoms with Gasteiger partial charge < -0.3 is 5.32 Å². The summed E-state index contributed by atoms with van der Waals surface area (Å²) < 4.78 is 1.44. The van der Waals surface area contributed by atoms with E-state index in [-0.39, 0.29) is 31.0 Å². The second-order valence-corrected chi connectivity index (χ2v) is 5.98. The molecule has 0 unspecified atom stereocenters. The van der Waals surface area contributed by atoms with Crippen molar-refractivity contribution in [3.8, 4) is 11.8 Å². The van der Waals surface area contributed by atoms with Crippen molar-refractivity contribution in [1.29, 1.82) is 0 Å². The van der Waals surface area contributed by atoms with E-state index in [0.29, 0.717) is 15.9 Å². The van der Waals surface area contributed by atoms with Crippen LogP contribution in [-0.4, -0.2) is 22.0 Å². The molecule has 0 saturated carbocycles. The van der Waals surface area contributed by atoms with Gasteiger partial charge in [-0.05, 0) is 24.3 Å². The van der Waals surface area contributed by atoms with Gasteiger partial charge in [0.1, 0.15) is 0 Å². The van der Waals surface area contributed by atoms with E-state index < -0.39 is 0 Å². The molecule has 0 spiro atoms. The van der Waals surface area contributed by atoms with Gasteiger partial charge in [0, 0.05) is 18.5 Å². The molecule has 26 heavy (non-hydrogen) atoms. The average molecular weight is 366 g/mol. The fourth-order valence-corrected chi connectivity index (χ4v) is 2.60. The second-order valence-electron chi connectivity index (χ2n) is 5.57. The van der Waals surface area contributed by atoms with Crippen LogP contribution in [0.2, 0.25) is 5.02 Å². The summed E-state index contributed by atoms with van der Waals surface area (Å²) >= 11 is 6.01. The zero-order chi connectivity index (χ0) is 18.4. The lowest BCUT2D eigenvalue weighted by Crippen LogP contribution is -2.27. The minimum atomic E-state index is -0.182. The molecular formula is C20H16ClN3O2. The van der Waals surface area contributed by atoms with Crippen LogP contribution in [0.5, 0.6) is 0 Å². The highest BCUT2D eigenvalue weighted by molar-refractivity contribution is 6.31. The van der Waals surface area contributed by atoms with E-state index >= 15 is 0 Å². The number of hydrogen-bond donors (Lipinski definition) is 1. The lowest BCUT2D eigenvalue weighted by Gasteiger charge is -2.06. The maximum Gasteiger partial charge on any atom is 0.261 e. The highest BCUT2D eigenvalue weighted by Crippen LogP contribution is 2.12. The number of amides is 1. The van der Waals surface area contributed by atoms with Crippen molar-refractivity contribution >= 4 is 28.4 Å². The first-order valence-corrected chi connectivity index (χ1v) is 8.47. The first kappa shape index (κ1) is 17.7. The van der Waals surface area contributed by atoms with Crippen molar-refractivity contribution in [1.82, 2.24) is 14.9 Å². The predicted molar refractivity (Wildman–Crippen MR) is 102 cm³/mol. The zero-order valence-corrected chi connectivity index (χ0v) is 14.7. The summed E-state index contributed by atoms with van der Waals surface area (Å²) in [5.74, 6) is 5.59. The first-order valence-electron chi connectivity index (χ1n) is 8.09. The van der Waals surface area contributed by atoms with Crippen molar-refractivity contribution in [2.24, 2.45) is 0 Å². The Bertz CT molecular complexity index is 1060. The van der Waals surface area contributed by atoms with E-state index in [2.05, 4.69) is 22.1 Å². The Hall–Kier alpha value is -3.10. The minimum absolute atomic E-state index is 0.151. The Morgan fingerprint density at radius 3 is 2.77 bits per heavy atom. The number of aromatic nitrogens is 2. The third kappa shape index (κ3) is 4.29. The number of nitrogens with zero attached hydrogens (tertiary/aromatic N) is 2. The van der Waals surface area contributed by atoms with Crippen LogP contribution < -0.4 is 10.9 Å². The van der Waals surface area contributed by atoms with Crippen molar-refractivity contribution in [3.63, 3.8) is 0 Å².